The van der Waals surface area contributed by atoms with Crippen molar-refractivity contribution < 1.29 is 0 Å². The lowest BCUT2D eigenvalue weighted by Gasteiger charge is -2.12. The van der Waals surface area contributed by atoms with Crippen LogP contribution < -0.4 is 10.6 Å². The lowest BCUT2D eigenvalue weighted by Crippen LogP contribution is -2.20. The Kier molecular flexibility index (Phi) is 2.84. The molecule has 18 heavy (non-hydrogen) atoms. The zero-order valence-corrected chi connectivity index (χ0v) is 10.4. The van der Waals surface area contributed by atoms with E-state index in [4.69, 9.17) is 0 Å². The topological polar surface area (TPSA) is 49.8 Å². The molecular formula is C14H16N4. The molecule has 1 aromatic carbocycles. The highest BCUT2D eigenvalue weighted by molar-refractivity contribution is 5.48. The van der Waals surface area contributed by atoms with Gasteiger partial charge < -0.3 is 10.6 Å². The van der Waals surface area contributed by atoms with E-state index < -0.39 is 0 Å². The highest BCUT2D eigenvalue weighted by atomic mass is 15.1. The number of benzene rings is 1. The first-order valence-electron chi connectivity index (χ1n) is 6.18. The Labute approximate surface area is 106 Å². The van der Waals surface area contributed by atoms with Gasteiger partial charge in [-0.2, -0.15) is 0 Å². The number of hydrogen-bond acceptors (Lipinski definition) is 4. The van der Waals surface area contributed by atoms with Gasteiger partial charge in [0, 0.05) is 19.2 Å². The molecule has 92 valence electrons. The molecule has 2 aromatic rings. The van der Waals surface area contributed by atoms with Gasteiger partial charge in [0.05, 0.1) is 0 Å². The minimum absolute atomic E-state index is 0.432. The number of nitrogens with zero attached hydrogens (tertiary/aromatic N) is 2. The molecule has 1 aromatic heterocycles. The third kappa shape index (κ3) is 2.14. The summed E-state index contributed by atoms with van der Waals surface area (Å²) < 4.78 is 0. The Morgan fingerprint density at radius 3 is 2.39 bits per heavy atom. The third-order valence-electron chi connectivity index (χ3n) is 3.33. The molecule has 1 aliphatic rings. The SMILES string of the molecule is CNc1cc(NC2Cc3ccccc3C2)ncn1. The molecule has 0 radical (unpaired) electrons. The first-order valence-corrected chi connectivity index (χ1v) is 6.18. The van der Waals surface area contributed by atoms with Gasteiger partial charge in [-0.05, 0) is 24.0 Å². The van der Waals surface area contributed by atoms with E-state index in [0.29, 0.717) is 6.04 Å². The van der Waals surface area contributed by atoms with Crippen molar-refractivity contribution in [1.29, 1.82) is 0 Å². The Morgan fingerprint density at radius 1 is 1.06 bits per heavy atom. The van der Waals surface area contributed by atoms with Crippen molar-refractivity contribution in [3.05, 3.63) is 47.8 Å². The quantitative estimate of drug-likeness (QED) is 0.862. The molecule has 0 spiro atoms. The van der Waals surface area contributed by atoms with Crippen molar-refractivity contribution in [3.8, 4) is 0 Å². The van der Waals surface area contributed by atoms with Crippen molar-refractivity contribution in [3.63, 3.8) is 0 Å². The average Bonchev–Trinajstić information content (AvgIpc) is 2.81. The first kappa shape index (κ1) is 11.0. The summed E-state index contributed by atoms with van der Waals surface area (Å²) in [7, 11) is 1.86. The molecule has 0 unspecified atom stereocenters. The second kappa shape index (κ2) is 4.64. The van der Waals surface area contributed by atoms with E-state index in [1.807, 2.05) is 13.1 Å². The number of aromatic nitrogens is 2. The van der Waals surface area contributed by atoms with Crippen molar-refractivity contribution in [2.45, 2.75) is 18.9 Å². The summed E-state index contributed by atoms with van der Waals surface area (Å²) in [6, 6.07) is 11.0. The number of hydrogen-bond donors (Lipinski definition) is 2. The van der Waals surface area contributed by atoms with Gasteiger partial charge in [-0.3, -0.25) is 0 Å². The molecule has 4 heteroatoms. The molecule has 0 fully saturated rings. The minimum atomic E-state index is 0.432. The number of nitrogens with one attached hydrogen (secondary N) is 2. The smallest absolute Gasteiger partial charge is 0.131 e. The Balaban J connectivity index is 1.72. The van der Waals surface area contributed by atoms with Gasteiger partial charge in [-0.25, -0.2) is 9.97 Å². The Bertz CT molecular complexity index is 528. The highest BCUT2D eigenvalue weighted by Gasteiger charge is 2.20. The summed E-state index contributed by atoms with van der Waals surface area (Å²) in [6.07, 6.45) is 3.71. The van der Waals surface area contributed by atoms with E-state index in [2.05, 4.69) is 44.9 Å². The summed E-state index contributed by atoms with van der Waals surface area (Å²) in [5.74, 6) is 1.72. The Hall–Kier alpha value is -2.10. The maximum Gasteiger partial charge on any atom is 0.131 e. The van der Waals surface area contributed by atoms with E-state index in [0.717, 1.165) is 24.5 Å². The molecule has 2 N–H and O–H groups in total. The van der Waals surface area contributed by atoms with Gasteiger partial charge in [0.2, 0.25) is 0 Å². The summed E-state index contributed by atoms with van der Waals surface area (Å²) in [4.78, 5) is 8.36. The van der Waals surface area contributed by atoms with Crippen LogP contribution in [0.1, 0.15) is 11.1 Å². The fourth-order valence-corrected chi connectivity index (χ4v) is 2.44. The molecular weight excluding hydrogens is 224 g/mol. The molecule has 0 atom stereocenters. The maximum atomic E-state index is 4.25. The summed E-state index contributed by atoms with van der Waals surface area (Å²) >= 11 is 0. The van der Waals surface area contributed by atoms with Gasteiger partial charge in [0.1, 0.15) is 18.0 Å². The molecule has 0 bridgehead atoms. The zero-order valence-electron chi connectivity index (χ0n) is 10.4. The molecule has 0 aliphatic heterocycles. The van der Waals surface area contributed by atoms with Crippen LogP contribution in [0.2, 0.25) is 0 Å². The zero-order chi connectivity index (χ0) is 12.4. The predicted octanol–water partition coefficient (Wildman–Crippen LogP) is 2.10. The number of anilines is 2. The summed E-state index contributed by atoms with van der Waals surface area (Å²) in [5, 5.41) is 6.49. The second-order valence-electron chi connectivity index (χ2n) is 4.56. The van der Waals surface area contributed by atoms with Gasteiger partial charge in [-0.1, -0.05) is 24.3 Å². The molecule has 1 aliphatic carbocycles. The second-order valence-corrected chi connectivity index (χ2v) is 4.56. The molecule has 4 nitrogen and oxygen atoms in total. The standard InChI is InChI=1S/C14H16N4/c1-15-13-8-14(17-9-16-13)18-12-6-10-4-2-3-5-11(10)7-12/h2-5,8-9,12H,6-7H2,1H3,(H2,15,16,17,18). The van der Waals surface area contributed by atoms with Crippen molar-refractivity contribution >= 4 is 11.6 Å². The lowest BCUT2D eigenvalue weighted by atomic mass is 10.1. The molecule has 3 rings (SSSR count). The van der Waals surface area contributed by atoms with E-state index in [1.165, 1.54) is 11.1 Å². The van der Waals surface area contributed by atoms with Crippen LogP contribution in [0.25, 0.3) is 0 Å². The summed E-state index contributed by atoms with van der Waals surface area (Å²) in [5.41, 5.74) is 2.88. The average molecular weight is 240 g/mol. The molecule has 0 saturated heterocycles. The van der Waals surface area contributed by atoms with Gasteiger partial charge in [0.25, 0.3) is 0 Å². The van der Waals surface area contributed by atoms with Crippen molar-refractivity contribution in [2.75, 3.05) is 17.7 Å². The van der Waals surface area contributed by atoms with Crippen molar-refractivity contribution in [1.82, 2.24) is 9.97 Å². The molecule has 0 amide bonds. The number of fused-ring (bicyclic) bond motifs is 1. The Morgan fingerprint density at radius 2 is 1.72 bits per heavy atom. The van der Waals surface area contributed by atoms with Crippen LogP contribution in [0, 0.1) is 0 Å². The van der Waals surface area contributed by atoms with Crippen LogP contribution >= 0.6 is 0 Å². The number of rotatable bonds is 3. The normalized spacial score (nSPS) is 14.3. The van der Waals surface area contributed by atoms with Crippen molar-refractivity contribution in [2.24, 2.45) is 0 Å². The van der Waals surface area contributed by atoms with E-state index in [1.54, 1.807) is 6.33 Å². The molecule has 0 saturated carbocycles. The highest BCUT2D eigenvalue weighted by Crippen LogP contribution is 2.24. The van der Waals surface area contributed by atoms with Gasteiger partial charge in [0.15, 0.2) is 0 Å². The van der Waals surface area contributed by atoms with Crippen LogP contribution in [-0.2, 0) is 12.8 Å². The first-order chi connectivity index (χ1) is 8.85. The predicted molar refractivity (Wildman–Crippen MR) is 72.8 cm³/mol. The fourth-order valence-electron chi connectivity index (χ4n) is 2.44. The van der Waals surface area contributed by atoms with E-state index in [-0.39, 0.29) is 0 Å². The molecule has 1 heterocycles. The van der Waals surface area contributed by atoms with Crippen LogP contribution in [0.15, 0.2) is 36.7 Å². The largest absolute Gasteiger partial charge is 0.373 e. The van der Waals surface area contributed by atoms with Crippen LogP contribution in [-0.4, -0.2) is 23.1 Å². The third-order valence-corrected chi connectivity index (χ3v) is 3.33. The monoisotopic (exact) mass is 240 g/mol. The van der Waals surface area contributed by atoms with Crippen LogP contribution in [0.5, 0.6) is 0 Å². The van der Waals surface area contributed by atoms with Crippen LogP contribution in [0.4, 0.5) is 11.6 Å². The fraction of sp³-hybridized carbons (Fsp3) is 0.286. The maximum absolute atomic E-state index is 4.25. The van der Waals surface area contributed by atoms with E-state index in [9.17, 15) is 0 Å². The van der Waals surface area contributed by atoms with Gasteiger partial charge in [-0.15, -0.1) is 0 Å². The lowest BCUT2D eigenvalue weighted by molar-refractivity contribution is 0.768. The summed E-state index contributed by atoms with van der Waals surface area (Å²) in [6.45, 7) is 0. The van der Waals surface area contributed by atoms with Crippen LogP contribution in [0.3, 0.4) is 0 Å². The van der Waals surface area contributed by atoms with E-state index >= 15 is 0 Å². The van der Waals surface area contributed by atoms with Gasteiger partial charge >= 0.3 is 0 Å². The minimum Gasteiger partial charge on any atom is -0.373 e.